The molecule has 23 heavy (non-hydrogen) atoms. The van der Waals surface area contributed by atoms with Crippen LogP contribution in [0.2, 0.25) is 5.02 Å². The number of hydrogen-bond donors (Lipinski definition) is 0. The maximum atomic E-state index is 11.9. The van der Waals surface area contributed by atoms with Crippen molar-refractivity contribution in [3.05, 3.63) is 58.1 Å². The van der Waals surface area contributed by atoms with Gasteiger partial charge in [0.1, 0.15) is 11.5 Å². The van der Waals surface area contributed by atoms with Crippen LogP contribution in [0.4, 0.5) is 0 Å². The lowest BCUT2D eigenvalue weighted by Crippen LogP contribution is -2.17. The summed E-state index contributed by atoms with van der Waals surface area (Å²) in [5.74, 6) is 1.11. The Labute approximate surface area is 142 Å². The van der Waals surface area contributed by atoms with E-state index in [0.29, 0.717) is 22.4 Å². The average Bonchev–Trinajstić information content (AvgIpc) is 2.51. The molecule has 4 heteroatoms. The zero-order chi connectivity index (χ0) is 17.0. The van der Waals surface area contributed by atoms with Crippen LogP contribution in [0, 0.1) is 13.8 Å². The van der Waals surface area contributed by atoms with Crippen LogP contribution in [0.25, 0.3) is 0 Å². The van der Waals surface area contributed by atoms with Crippen LogP contribution in [0.5, 0.6) is 11.5 Å². The number of esters is 1. The molecule has 0 saturated heterocycles. The van der Waals surface area contributed by atoms with Gasteiger partial charge >= 0.3 is 5.97 Å². The molecule has 0 heterocycles. The Balaban J connectivity index is 1.97. The summed E-state index contributed by atoms with van der Waals surface area (Å²) < 4.78 is 10.8. The Morgan fingerprint density at radius 2 is 1.74 bits per heavy atom. The molecule has 2 aromatic carbocycles. The van der Waals surface area contributed by atoms with E-state index in [1.807, 2.05) is 38.1 Å². The number of halogens is 1. The summed E-state index contributed by atoms with van der Waals surface area (Å²) in [6.45, 7) is 7.83. The molecule has 0 aliphatic carbocycles. The molecule has 0 aromatic heterocycles. The van der Waals surface area contributed by atoms with E-state index in [2.05, 4.69) is 13.8 Å². The Morgan fingerprint density at radius 3 is 2.35 bits per heavy atom. The van der Waals surface area contributed by atoms with Crippen LogP contribution in [0.1, 0.15) is 36.5 Å². The van der Waals surface area contributed by atoms with E-state index < -0.39 is 5.97 Å². The minimum atomic E-state index is -0.443. The summed E-state index contributed by atoms with van der Waals surface area (Å²) in [6.07, 6.45) is 0. The van der Waals surface area contributed by atoms with Crippen molar-refractivity contribution < 1.29 is 14.3 Å². The molecule has 0 unspecified atom stereocenters. The van der Waals surface area contributed by atoms with Gasteiger partial charge in [0.05, 0.1) is 0 Å². The summed E-state index contributed by atoms with van der Waals surface area (Å²) in [7, 11) is 0. The highest BCUT2D eigenvalue weighted by atomic mass is 35.5. The van der Waals surface area contributed by atoms with Crippen molar-refractivity contribution in [3.8, 4) is 11.5 Å². The van der Waals surface area contributed by atoms with Crippen LogP contribution in [-0.4, -0.2) is 12.6 Å². The fourth-order valence-electron chi connectivity index (χ4n) is 2.23. The third kappa shape index (κ3) is 4.73. The standard InChI is InChI=1S/C19H21ClO3/c1-12(2)15-6-5-7-16(10-15)22-11-18(21)23-17-8-13(3)19(20)14(4)9-17/h5-10,12H,11H2,1-4H3. The summed E-state index contributed by atoms with van der Waals surface area (Å²) in [5.41, 5.74) is 2.92. The Hall–Kier alpha value is -2.00. The molecule has 0 N–H and O–H groups in total. The number of carbonyl (C=O) groups is 1. The van der Waals surface area contributed by atoms with Gasteiger partial charge in [0.2, 0.25) is 0 Å². The van der Waals surface area contributed by atoms with E-state index in [9.17, 15) is 4.79 Å². The number of hydrogen-bond acceptors (Lipinski definition) is 3. The van der Waals surface area contributed by atoms with Crippen LogP contribution in [-0.2, 0) is 4.79 Å². The van der Waals surface area contributed by atoms with Gasteiger partial charge in [-0.05, 0) is 60.7 Å². The molecule has 0 spiro atoms. The maximum absolute atomic E-state index is 11.9. The molecule has 0 atom stereocenters. The summed E-state index contributed by atoms with van der Waals surface area (Å²) in [5, 5.41) is 0.687. The third-order valence-corrected chi connectivity index (χ3v) is 4.12. The van der Waals surface area contributed by atoms with Gasteiger partial charge in [-0.15, -0.1) is 0 Å². The topological polar surface area (TPSA) is 35.5 Å². The largest absolute Gasteiger partial charge is 0.482 e. The van der Waals surface area contributed by atoms with E-state index in [1.165, 1.54) is 5.56 Å². The molecule has 2 aromatic rings. The number of aryl methyl sites for hydroxylation is 2. The highest BCUT2D eigenvalue weighted by Gasteiger charge is 2.10. The SMILES string of the molecule is Cc1cc(OC(=O)COc2cccc(C(C)C)c2)cc(C)c1Cl. The van der Waals surface area contributed by atoms with Gasteiger partial charge in [0, 0.05) is 5.02 Å². The van der Waals surface area contributed by atoms with Crippen LogP contribution < -0.4 is 9.47 Å². The first kappa shape index (κ1) is 17.4. The molecule has 0 aliphatic rings. The van der Waals surface area contributed by atoms with Gasteiger partial charge < -0.3 is 9.47 Å². The van der Waals surface area contributed by atoms with Crippen LogP contribution >= 0.6 is 11.6 Å². The summed E-state index contributed by atoms with van der Waals surface area (Å²) in [6, 6.07) is 11.2. The summed E-state index contributed by atoms with van der Waals surface area (Å²) in [4.78, 5) is 11.9. The van der Waals surface area contributed by atoms with Gasteiger partial charge in [-0.25, -0.2) is 4.79 Å². The number of benzene rings is 2. The third-order valence-electron chi connectivity index (χ3n) is 3.52. The smallest absolute Gasteiger partial charge is 0.349 e. The first-order chi connectivity index (χ1) is 10.9. The molecule has 0 bridgehead atoms. The highest BCUT2D eigenvalue weighted by Crippen LogP contribution is 2.26. The van der Waals surface area contributed by atoms with Crippen LogP contribution in [0.3, 0.4) is 0 Å². The van der Waals surface area contributed by atoms with Crippen molar-refractivity contribution in [3.63, 3.8) is 0 Å². The lowest BCUT2D eigenvalue weighted by atomic mass is 10.0. The maximum Gasteiger partial charge on any atom is 0.349 e. The van der Waals surface area contributed by atoms with E-state index >= 15 is 0 Å². The number of rotatable bonds is 5. The van der Waals surface area contributed by atoms with E-state index in [0.717, 1.165) is 11.1 Å². The minimum Gasteiger partial charge on any atom is -0.482 e. The zero-order valence-corrected chi connectivity index (χ0v) is 14.6. The molecular weight excluding hydrogens is 312 g/mol. The molecule has 3 nitrogen and oxygen atoms in total. The Morgan fingerprint density at radius 1 is 1.09 bits per heavy atom. The molecule has 2 rings (SSSR count). The monoisotopic (exact) mass is 332 g/mol. The van der Waals surface area contributed by atoms with E-state index in [4.69, 9.17) is 21.1 Å². The van der Waals surface area contributed by atoms with Crippen molar-refractivity contribution in [2.75, 3.05) is 6.61 Å². The summed E-state index contributed by atoms with van der Waals surface area (Å²) >= 11 is 6.10. The molecular formula is C19H21ClO3. The zero-order valence-electron chi connectivity index (χ0n) is 13.9. The predicted octanol–water partition coefficient (Wildman–Crippen LogP) is 5.06. The molecule has 0 radical (unpaired) electrons. The van der Waals surface area contributed by atoms with Gasteiger partial charge in [0.25, 0.3) is 0 Å². The number of carbonyl (C=O) groups excluding carboxylic acids is 1. The lowest BCUT2D eigenvalue weighted by Gasteiger charge is -2.11. The van der Waals surface area contributed by atoms with Gasteiger partial charge in [-0.3, -0.25) is 0 Å². The van der Waals surface area contributed by atoms with Crippen LogP contribution in [0.15, 0.2) is 36.4 Å². The fourth-order valence-corrected chi connectivity index (χ4v) is 2.34. The first-order valence-electron chi connectivity index (χ1n) is 7.57. The number of ether oxygens (including phenoxy) is 2. The average molecular weight is 333 g/mol. The van der Waals surface area contributed by atoms with Crippen molar-refractivity contribution in [1.82, 2.24) is 0 Å². The van der Waals surface area contributed by atoms with E-state index in [1.54, 1.807) is 12.1 Å². The van der Waals surface area contributed by atoms with E-state index in [-0.39, 0.29) is 6.61 Å². The van der Waals surface area contributed by atoms with Crippen molar-refractivity contribution in [2.45, 2.75) is 33.6 Å². The normalized spacial score (nSPS) is 10.7. The second kappa shape index (κ2) is 7.51. The second-order valence-corrected chi connectivity index (χ2v) is 6.24. The van der Waals surface area contributed by atoms with Gasteiger partial charge in [-0.2, -0.15) is 0 Å². The Kier molecular flexibility index (Phi) is 5.67. The Bertz CT molecular complexity index is 685. The second-order valence-electron chi connectivity index (χ2n) is 5.86. The molecule has 0 aliphatic heterocycles. The quantitative estimate of drug-likeness (QED) is 0.566. The van der Waals surface area contributed by atoms with Crippen molar-refractivity contribution in [2.24, 2.45) is 0 Å². The molecule has 0 fully saturated rings. The first-order valence-corrected chi connectivity index (χ1v) is 7.95. The minimum absolute atomic E-state index is 0.137. The fraction of sp³-hybridized carbons (Fsp3) is 0.316. The van der Waals surface area contributed by atoms with Crippen molar-refractivity contribution in [1.29, 1.82) is 0 Å². The molecule has 122 valence electrons. The van der Waals surface area contributed by atoms with Gasteiger partial charge in [-0.1, -0.05) is 37.6 Å². The molecule has 0 amide bonds. The predicted molar refractivity (Wildman–Crippen MR) is 92.6 cm³/mol. The molecule has 0 saturated carbocycles. The van der Waals surface area contributed by atoms with Gasteiger partial charge in [0.15, 0.2) is 6.61 Å². The lowest BCUT2D eigenvalue weighted by molar-refractivity contribution is -0.136. The highest BCUT2D eigenvalue weighted by molar-refractivity contribution is 6.32. The van der Waals surface area contributed by atoms with Crippen molar-refractivity contribution >= 4 is 17.6 Å².